The Balaban J connectivity index is 2.05. The lowest BCUT2D eigenvalue weighted by Crippen LogP contribution is -2.46. The molecular weight excluding hydrogens is 501 g/mol. The molecule has 0 aliphatic heterocycles. The van der Waals surface area contributed by atoms with E-state index in [9.17, 15) is 27.6 Å². The topological polar surface area (TPSA) is 93.7 Å². The normalized spacial score (nSPS) is 12.4. The van der Waals surface area contributed by atoms with Crippen LogP contribution in [0.2, 0.25) is 5.02 Å². The number of aryl methyl sites for hydroxylation is 1. The number of hydrogen-bond acceptors (Lipinski definition) is 5. The number of nitrogens with one attached hydrogen (secondary N) is 2. The fraction of sp³-hybridized carbons (Fsp3) is 0.400. The highest BCUT2D eigenvalue weighted by Crippen LogP contribution is 2.26. The van der Waals surface area contributed by atoms with Crippen LogP contribution < -0.4 is 10.6 Å². The SMILES string of the molecule is CC(C)(C)OC(=O)CCc1ccc(Cl)c(NC(=O)C(CC(F)(F)F)NC(=O)OCc2ccccc2)c1. The van der Waals surface area contributed by atoms with Crippen LogP contribution in [0.5, 0.6) is 0 Å². The predicted molar refractivity (Wildman–Crippen MR) is 128 cm³/mol. The minimum atomic E-state index is -4.74. The van der Waals surface area contributed by atoms with E-state index in [0.29, 0.717) is 11.1 Å². The predicted octanol–water partition coefficient (Wildman–Crippen LogP) is 5.80. The number of esters is 1. The van der Waals surface area contributed by atoms with Gasteiger partial charge in [-0.2, -0.15) is 13.2 Å². The van der Waals surface area contributed by atoms with Crippen molar-refractivity contribution in [2.24, 2.45) is 0 Å². The lowest BCUT2D eigenvalue weighted by Gasteiger charge is -2.20. The van der Waals surface area contributed by atoms with E-state index in [1.54, 1.807) is 57.2 Å². The molecule has 2 amide bonds. The summed E-state index contributed by atoms with van der Waals surface area (Å²) < 4.78 is 49.5. The average molecular weight is 529 g/mol. The van der Waals surface area contributed by atoms with E-state index in [2.05, 4.69) is 5.32 Å². The standard InChI is InChI=1S/C25H28ClF3N2O5/c1-24(2,3)36-21(32)12-10-16-9-11-18(26)19(13-16)30-22(33)20(14-25(27,28)29)31-23(34)35-15-17-7-5-4-6-8-17/h4-9,11,13,20H,10,12,14-15H2,1-3H3,(H,30,33)(H,31,34). The maximum Gasteiger partial charge on any atom is 0.408 e. The molecule has 0 aliphatic rings. The summed E-state index contributed by atoms with van der Waals surface area (Å²) in [4.78, 5) is 36.7. The lowest BCUT2D eigenvalue weighted by atomic mass is 10.1. The van der Waals surface area contributed by atoms with Gasteiger partial charge in [0.2, 0.25) is 5.91 Å². The van der Waals surface area contributed by atoms with Gasteiger partial charge < -0.3 is 20.1 Å². The second-order valence-corrected chi connectivity index (χ2v) is 9.38. The van der Waals surface area contributed by atoms with E-state index in [1.807, 2.05) is 5.32 Å². The maximum absolute atomic E-state index is 13.1. The van der Waals surface area contributed by atoms with Crippen molar-refractivity contribution in [1.82, 2.24) is 5.32 Å². The fourth-order valence-corrected chi connectivity index (χ4v) is 3.20. The molecule has 0 saturated heterocycles. The summed E-state index contributed by atoms with van der Waals surface area (Å²) in [6, 6.07) is 11.1. The van der Waals surface area contributed by atoms with Gasteiger partial charge in [0.25, 0.3) is 0 Å². The van der Waals surface area contributed by atoms with Crippen molar-refractivity contribution in [3.63, 3.8) is 0 Å². The van der Waals surface area contributed by atoms with Crippen LogP contribution >= 0.6 is 11.6 Å². The smallest absolute Gasteiger partial charge is 0.408 e. The molecule has 2 aromatic rings. The summed E-state index contributed by atoms with van der Waals surface area (Å²) in [5.41, 5.74) is 0.622. The van der Waals surface area contributed by atoms with E-state index >= 15 is 0 Å². The zero-order chi connectivity index (χ0) is 26.9. The number of carbonyl (C=O) groups excluding carboxylic acids is 3. The lowest BCUT2D eigenvalue weighted by molar-refractivity contribution is -0.154. The third-order valence-electron chi connectivity index (χ3n) is 4.58. The van der Waals surface area contributed by atoms with Gasteiger partial charge in [0, 0.05) is 6.42 Å². The summed E-state index contributed by atoms with van der Waals surface area (Å²) in [5.74, 6) is -1.55. The van der Waals surface area contributed by atoms with Gasteiger partial charge in [-0.3, -0.25) is 9.59 Å². The molecule has 0 spiro atoms. The van der Waals surface area contributed by atoms with Crippen molar-refractivity contribution < 1.29 is 37.0 Å². The average Bonchev–Trinajstić information content (AvgIpc) is 2.76. The summed E-state index contributed by atoms with van der Waals surface area (Å²) >= 11 is 6.11. The number of rotatable bonds is 9. The molecule has 1 unspecified atom stereocenters. The molecule has 0 bridgehead atoms. The zero-order valence-corrected chi connectivity index (χ0v) is 20.8. The van der Waals surface area contributed by atoms with Gasteiger partial charge in [0.05, 0.1) is 17.1 Å². The number of halogens is 4. The van der Waals surface area contributed by atoms with Crippen LogP contribution in [-0.2, 0) is 32.1 Å². The van der Waals surface area contributed by atoms with Crippen molar-refractivity contribution in [2.75, 3.05) is 5.32 Å². The van der Waals surface area contributed by atoms with Crippen molar-refractivity contribution in [2.45, 2.75) is 64.5 Å². The highest BCUT2D eigenvalue weighted by molar-refractivity contribution is 6.33. The third kappa shape index (κ3) is 11.0. The van der Waals surface area contributed by atoms with Gasteiger partial charge in [0.15, 0.2) is 0 Å². The van der Waals surface area contributed by atoms with Gasteiger partial charge in [-0.15, -0.1) is 0 Å². The molecule has 0 aromatic heterocycles. The van der Waals surface area contributed by atoms with Crippen LogP contribution in [0, 0.1) is 0 Å². The molecule has 11 heteroatoms. The highest BCUT2D eigenvalue weighted by atomic mass is 35.5. The van der Waals surface area contributed by atoms with Crippen molar-refractivity contribution in [1.29, 1.82) is 0 Å². The molecule has 36 heavy (non-hydrogen) atoms. The summed E-state index contributed by atoms with van der Waals surface area (Å²) in [7, 11) is 0. The molecule has 7 nitrogen and oxygen atoms in total. The van der Waals surface area contributed by atoms with E-state index in [4.69, 9.17) is 21.1 Å². The largest absolute Gasteiger partial charge is 0.460 e. The van der Waals surface area contributed by atoms with E-state index in [1.165, 1.54) is 12.1 Å². The van der Waals surface area contributed by atoms with Crippen LogP contribution in [-0.4, -0.2) is 35.8 Å². The minimum Gasteiger partial charge on any atom is -0.460 e. The Morgan fingerprint density at radius 3 is 2.28 bits per heavy atom. The third-order valence-corrected chi connectivity index (χ3v) is 4.91. The Hall–Kier alpha value is -3.27. The number of alkyl halides is 3. The van der Waals surface area contributed by atoms with Gasteiger partial charge in [0.1, 0.15) is 18.2 Å². The maximum atomic E-state index is 13.1. The second-order valence-electron chi connectivity index (χ2n) is 8.97. The second kappa shape index (κ2) is 12.6. The molecule has 2 rings (SSSR count). The number of hydrogen-bond donors (Lipinski definition) is 2. The van der Waals surface area contributed by atoms with Gasteiger partial charge in [-0.25, -0.2) is 4.79 Å². The summed E-state index contributed by atoms with van der Waals surface area (Å²) in [6.45, 7) is 5.04. The number of anilines is 1. The van der Waals surface area contributed by atoms with Crippen molar-refractivity contribution in [3.05, 3.63) is 64.7 Å². The molecule has 0 fully saturated rings. The van der Waals surface area contributed by atoms with Crippen LogP contribution in [0.15, 0.2) is 48.5 Å². The molecule has 0 saturated carbocycles. The van der Waals surface area contributed by atoms with Gasteiger partial charge in [-0.1, -0.05) is 48.0 Å². The number of amides is 2. The van der Waals surface area contributed by atoms with Crippen LogP contribution in [0.4, 0.5) is 23.7 Å². The molecular formula is C25H28ClF3N2O5. The Morgan fingerprint density at radius 1 is 1.00 bits per heavy atom. The van der Waals surface area contributed by atoms with Crippen molar-refractivity contribution in [3.8, 4) is 0 Å². The first-order chi connectivity index (χ1) is 16.7. The first-order valence-corrected chi connectivity index (χ1v) is 11.4. The minimum absolute atomic E-state index is 0.0370. The van der Waals surface area contributed by atoms with Crippen LogP contribution in [0.3, 0.4) is 0 Å². The molecule has 0 heterocycles. The Labute approximate surface area is 212 Å². The van der Waals surface area contributed by atoms with E-state index in [-0.39, 0.29) is 30.2 Å². The number of benzene rings is 2. The summed E-state index contributed by atoms with van der Waals surface area (Å²) in [6.07, 6.45) is -7.23. The van der Waals surface area contributed by atoms with E-state index < -0.39 is 42.2 Å². The quantitative estimate of drug-likeness (QED) is 0.401. The highest BCUT2D eigenvalue weighted by Gasteiger charge is 2.37. The van der Waals surface area contributed by atoms with Gasteiger partial charge in [-0.05, 0) is 50.5 Å². The Kier molecular flexibility index (Phi) is 10.2. The molecule has 2 aromatic carbocycles. The zero-order valence-electron chi connectivity index (χ0n) is 20.1. The van der Waals surface area contributed by atoms with Crippen molar-refractivity contribution >= 4 is 35.3 Å². The Bertz CT molecular complexity index is 1060. The molecule has 0 aliphatic carbocycles. The monoisotopic (exact) mass is 528 g/mol. The number of alkyl carbamates (subject to hydrolysis) is 1. The molecule has 1 atom stereocenters. The molecule has 2 N–H and O–H groups in total. The number of ether oxygens (including phenoxy) is 2. The van der Waals surface area contributed by atoms with Crippen LogP contribution in [0.1, 0.15) is 44.7 Å². The summed E-state index contributed by atoms with van der Waals surface area (Å²) in [5, 5.41) is 4.35. The first kappa shape index (κ1) is 29.0. The Morgan fingerprint density at radius 2 is 1.67 bits per heavy atom. The fourth-order valence-electron chi connectivity index (χ4n) is 3.03. The molecule has 196 valence electrons. The number of carbonyl (C=O) groups is 3. The van der Waals surface area contributed by atoms with Crippen LogP contribution in [0.25, 0.3) is 0 Å². The molecule has 0 radical (unpaired) electrons. The van der Waals surface area contributed by atoms with Gasteiger partial charge >= 0.3 is 18.2 Å². The van der Waals surface area contributed by atoms with E-state index in [0.717, 1.165) is 0 Å². The first-order valence-electron chi connectivity index (χ1n) is 11.1.